The molecule has 168 valence electrons. The lowest BCUT2D eigenvalue weighted by Gasteiger charge is -2.36. The summed E-state index contributed by atoms with van der Waals surface area (Å²) in [6, 6.07) is 20.8. The van der Waals surface area contributed by atoms with Gasteiger partial charge in [-0.2, -0.15) is 0 Å². The fourth-order valence-corrected chi connectivity index (χ4v) is 4.36. The summed E-state index contributed by atoms with van der Waals surface area (Å²) in [5.74, 6) is 0.248. The lowest BCUT2D eigenvalue weighted by Crippen LogP contribution is -2.49. The molecule has 5 rings (SSSR count). The molecule has 33 heavy (non-hydrogen) atoms. The number of amides is 1. The Labute approximate surface area is 190 Å². The topological polar surface area (TPSA) is 41.4 Å². The molecule has 3 aromatic carbocycles. The molecular formula is C26H24F2N4O. The van der Waals surface area contributed by atoms with Gasteiger partial charge in [-0.3, -0.25) is 4.79 Å². The van der Waals surface area contributed by atoms with E-state index in [1.165, 1.54) is 18.2 Å². The monoisotopic (exact) mass is 446 g/mol. The minimum atomic E-state index is -0.281. The van der Waals surface area contributed by atoms with E-state index >= 15 is 0 Å². The quantitative estimate of drug-likeness (QED) is 0.460. The van der Waals surface area contributed by atoms with Crippen molar-refractivity contribution >= 4 is 22.6 Å². The van der Waals surface area contributed by atoms with Crippen LogP contribution in [0, 0.1) is 11.6 Å². The third-order valence-electron chi connectivity index (χ3n) is 6.13. The molecule has 4 aromatic rings. The number of para-hydroxylation sites is 3. The minimum Gasteiger partial charge on any atom is -0.366 e. The van der Waals surface area contributed by atoms with Crippen LogP contribution in [0.15, 0.2) is 72.8 Å². The first-order chi connectivity index (χ1) is 16.1. The maximum absolute atomic E-state index is 14.1. The summed E-state index contributed by atoms with van der Waals surface area (Å²) >= 11 is 0. The van der Waals surface area contributed by atoms with Crippen molar-refractivity contribution in [2.24, 2.45) is 0 Å². The number of benzene rings is 3. The molecule has 0 bridgehead atoms. The van der Waals surface area contributed by atoms with Crippen LogP contribution in [0.5, 0.6) is 0 Å². The number of rotatable bonds is 5. The highest BCUT2D eigenvalue weighted by molar-refractivity contribution is 5.81. The number of fused-ring (bicyclic) bond motifs is 1. The molecule has 1 amide bonds. The van der Waals surface area contributed by atoms with Gasteiger partial charge in [0.1, 0.15) is 24.0 Å². The van der Waals surface area contributed by atoms with Crippen LogP contribution in [0.4, 0.5) is 14.5 Å². The second-order valence-corrected chi connectivity index (χ2v) is 8.23. The number of piperazine rings is 1. The Morgan fingerprint density at radius 2 is 1.55 bits per heavy atom. The van der Waals surface area contributed by atoms with Gasteiger partial charge >= 0.3 is 0 Å². The molecule has 0 radical (unpaired) electrons. The Morgan fingerprint density at radius 3 is 2.30 bits per heavy atom. The smallest absolute Gasteiger partial charge is 0.242 e. The summed E-state index contributed by atoms with van der Waals surface area (Å²) in [7, 11) is 0. The van der Waals surface area contributed by atoms with Gasteiger partial charge < -0.3 is 14.4 Å². The van der Waals surface area contributed by atoms with Gasteiger partial charge in [0, 0.05) is 32.6 Å². The third-order valence-corrected chi connectivity index (χ3v) is 6.13. The van der Waals surface area contributed by atoms with Gasteiger partial charge in [-0.25, -0.2) is 13.8 Å². The maximum atomic E-state index is 14.1. The molecule has 0 aliphatic carbocycles. The summed E-state index contributed by atoms with van der Waals surface area (Å²) in [5.41, 5.74) is 3.23. The van der Waals surface area contributed by atoms with Gasteiger partial charge in [0.25, 0.3) is 0 Å². The van der Waals surface area contributed by atoms with E-state index in [0.717, 1.165) is 22.4 Å². The number of aromatic nitrogens is 2. The first kappa shape index (κ1) is 21.1. The molecule has 0 atom stereocenters. The zero-order valence-corrected chi connectivity index (χ0v) is 18.1. The van der Waals surface area contributed by atoms with Crippen molar-refractivity contribution in [3.05, 3.63) is 95.8 Å². The van der Waals surface area contributed by atoms with Crippen molar-refractivity contribution in [3.63, 3.8) is 0 Å². The van der Waals surface area contributed by atoms with Gasteiger partial charge in [-0.05, 0) is 42.0 Å². The van der Waals surface area contributed by atoms with Crippen LogP contribution in [0.2, 0.25) is 0 Å². The largest absolute Gasteiger partial charge is 0.366 e. The lowest BCUT2D eigenvalue weighted by molar-refractivity contribution is -0.132. The lowest BCUT2D eigenvalue weighted by atomic mass is 10.1. The zero-order valence-electron chi connectivity index (χ0n) is 18.1. The highest BCUT2D eigenvalue weighted by Gasteiger charge is 2.24. The number of hydrogen-bond donors (Lipinski definition) is 0. The van der Waals surface area contributed by atoms with Crippen molar-refractivity contribution < 1.29 is 13.6 Å². The molecule has 7 heteroatoms. The SMILES string of the molecule is O=C(Cn1c(Cc2ccc(F)cc2)nc2ccccc21)N1CCN(c2ccccc2F)CC1. The average molecular weight is 447 g/mol. The number of nitrogens with zero attached hydrogens (tertiary/aromatic N) is 4. The second kappa shape index (κ2) is 9.02. The van der Waals surface area contributed by atoms with Gasteiger partial charge in [0.15, 0.2) is 0 Å². The molecule has 1 aliphatic heterocycles. The first-order valence-corrected chi connectivity index (χ1v) is 11.0. The van der Waals surface area contributed by atoms with Crippen molar-refractivity contribution in [2.45, 2.75) is 13.0 Å². The number of imidazole rings is 1. The Kier molecular flexibility index (Phi) is 5.77. The van der Waals surface area contributed by atoms with Crippen LogP contribution >= 0.6 is 0 Å². The predicted molar refractivity (Wildman–Crippen MR) is 124 cm³/mol. The normalized spacial score (nSPS) is 14.1. The van der Waals surface area contributed by atoms with Gasteiger partial charge in [-0.15, -0.1) is 0 Å². The third kappa shape index (κ3) is 4.44. The number of hydrogen-bond acceptors (Lipinski definition) is 3. The maximum Gasteiger partial charge on any atom is 0.242 e. The van der Waals surface area contributed by atoms with E-state index in [-0.39, 0.29) is 24.1 Å². The summed E-state index contributed by atoms with van der Waals surface area (Å²) in [6.07, 6.45) is 0.503. The van der Waals surface area contributed by atoms with Gasteiger partial charge in [0.2, 0.25) is 5.91 Å². The van der Waals surface area contributed by atoms with E-state index in [4.69, 9.17) is 4.98 Å². The molecule has 0 spiro atoms. The molecule has 2 heterocycles. The van der Waals surface area contributed by atoms with E-state index in [2.05, 4.69) is 0 Å². The fraction of sp³-hybridized carbons (Fsp3) is 0.231. The second-order valence-electron chi connectivity index (χ2n) is 8.23. The Balaban J connectivity index is 1.33. The molecule has 1 aromatic heterocycles. The highest BCUT2D eigenvalue weighted by atomic mass is 19.1. The van der Waals surface area contributed by atoms with Crippen molar-refractivity contribution in [3.8, 4) is 0 Å². The van der Waals surface area contributed by atoms with E-state index in [0.29, 0.717) is 38.3 Å². The summed E-state index contributed by atoms with van der Waals surface area (Å²) in [6.45, 7) is 2.41. The van der Waals surface area contributed by atoms with Gasteiger partial charge in [0.05, 0.1) is 16.7 Å². The molecule has 1 saturated heterocycles. The van der Waals surface area contributed by atoms with E-state index < -0.39 is 0 Å². The Hall–Kier alpha value is -3.74. The molecule has 5 nitrogen and oxygen atoms in total. The minimum absolute atomic E-state index is 0.00620. The average Bonchev–Trinajstić information content (AvgIpc) is 3.18. The molecular weight excluding hydrogens is 422 g/mol. The highest BCUT2D eigenvalue weighted by Crippen LogP contribution is 2.22. The van der Waals surface area contributed by atoms with Crippen LogP contribution < -0.4 is 4.90 Å². The van der Waals surface area contributed by atoms with Crippen molar-refractivity contribution in [2.75, 3.05) is 31.1 Å². The summed E-state index contributed by atoms with van der Waals surface area (Å²) in [5, 5.41) is 0. The van der Waals surface area contributed by atoms with Crippen molar-refractivity contribution in [1.29, 1.82) is 0 Å². The zero-order chi connectivity index (χ0) is 22.8. The molecule has 1 fully saturated rings. The van der Waals surface area contributed by atoms with E-state index in [1.807, 2.05) is 44.7 Å². The fourth-order valence-electron chi connectivity index (χ4n) is 4.36. The molecule has 0 saturated carbocycles. The molecule has 1 aliphatic rings. The first-order valence-electron chi connectivity index (χ1n) is 11.0. The number of anilines is 1. The summed E-state index contributed by atoms with van der Waals surface area (Å²) in [4.78, 5) is 21.7. The van der Waals surface area contributed by atoms with Crippen LogP contribution in [0.1, 0.15) is 11.4 Å². The van der Waals surface area contributed by atoms with Crippen LogP contribution in [-0.4, -0.2) is 46.5 Å². The number of carbonyl (C=O) groups is 1. The van der Waals surface area contributed by atoms with Crippen molar-refractivity contribution in [1.82, 2.24) is 14.5 Å². The Morgan fingerprint density at radius 1 is 0.848 bits per heavy atom. The number of carbonyl (C=O) groups excluding carboxylic acids is 1. The van der Waals surface area contributed by atoms with Crippen LogP contribution in [-0.2, 0) is 17.8 Å². The predicted octanol–water partition coefficient (Wildman–Crippen LogP) is 4.25. The van der Waals surface area contributed by atoms with Crippen LogP contribution in [0.25, 0.3) is 11.0 Å². The Bertz CT molecular complexity index is 1280. The van der Waals surface area contributed by atoms with E-state index in [9.17, 15) is 13.6 Å². The molecule has 0 N–H and O–H groups in total. The number of halogens is 2. The van der Waals surface area contributed by atoms with E-state index in [1.54, 1.807) is 24.3 Å². The standard InChI is InChI=1S/C26H24F2N4O/c27-20-11-9-19(10-12-20)17-25-29-22-6-2-4-8-24(22)32(25)18-26(33)31-15-13-30(14-16-31)23-7-3-1-5-21(23)28/h1-12H,13-18H2. The van der Waals surface area contributed by atoms with Gasteiger partial charge in [-0.1, -0.05) is 36.4 Å². The molecule has 0 unspecified atom stereocenters. The van der Waals surface area contributed by atoms with Crippen LogP contribution in [0.3, 0.4) is 0 Å². The summed E-state index contributed by atoms with van der Waals surface area (Å²) < 4.78 is 29.4.